The Morgan fingerprint density at radius 1 is 0.702 bits per heavy atom. The van der Waals surface area contributed by atoms with Crippen LogP contribution in [0.15, 0.2) is 12.2 Å². The summed E-state index contributed by atoms with van der Waals surface area (Å²) in [5.41, 5.74) is 0. The molecule has 1 rings (SSSR count). The highest BCUT2D eigenvalue weighted by Crippen LogP contribution is 2.22. The van der Waals surface area contributed by atoms with Crippen LogP contribution in [0, 0.1) is 0 Å². The first-order valence-electron chi connectivity index (χ1n) is 19.4. The van der Waals surface area contributed by atoms with E-state index in [-0.39, 0.29) is 12.5 Å². The van der Waals surface area contributed by atoms with Crippen LogP contribution in [0.3, 0.4) is 0 Å². The number of ether oxygens (including phenoxy) is 2. The van der Waals surface area contributed by atoms with Gasteiger partial charge in [-0.05, 0) is 19.3 Å². The van der Waals surface area contributed by atoms with Gasteiger partial charge < -0.3 is 40.3 Å². The Bertz CT molecular complexity index is 751. The maximum Gasteiger partial charge on any atom is 0.220 e. The fraction of sp³-hybridized carbons (Fsp3) is 0.921. The molecule has 7 atom stereocenters. The lowest BCUT2D eigenvalue weighted by Gasteiger charge is -2.40. The fourth-order valence-electron chi connectivity index (χ4n) is 6.15. The van der Waals surface area contributed by atoms with Gasteiger partial charge in [0.1, 0.15) is 24.4 Å². The maximum atomic E-state index is 12.8. The number of hydrogen-bond acceptors (Lipinski definition) is 8. The first kappa shape index (κ1) is 44.0. The summed E-state index contributed by atoms with van der Waals surface area (Å²) < 4.78 is 11.1. The topological polar surface area (TPSA) is 149 Å². The van der Waals surface area contributed by atoms with Crippen molar-refractivity contribution in [2.45, 2.75) is 211 Å². The third kappa shape index (κ3) is 21.6. The molecule has 278 valence electrons. The van der Waals surface area contributed by atoms with Crippen LogP contribution in [0.2, 0.25) is 0 Å². The SMILES string of the molecule is CCCCCC/C=C/C(O)C(COC1OC(CO)C(O)C(O)C1O)NC(=O)CCCCCCCCCCCCCCCCCCCC. The number of rotatable bonds is 31. The molecule has 1 saturated heterocycles. The standard InChI is InChI=1S/C38H73NO8/c1-3-5-7-9-11-12-13-14-15-16-17-18-19-20-21-22-24-26-28-34(42)39-31(32(41)27-25-23-10-8-6-4-2)30-46-38-37(45)36(44)35(43)33(29-40)47-38/h25,27,31-33,35-38,40-41,43-45H,3-24,26,28-30H2,1-2H3,(H,39,42)/b27-25+. The molecule has 0 aromatic carbocycles. The zero-order valence-corrected chi connectivity index (χ0v) is 30.0. The molecule has 9 heteroatoms. The van der Waals surface area contributed by atoms with E-state index in [4.69, 9.17) is 9.47 Å². The largest absolute Gasteiger partial charge is 0.394 e. The highest BCUT2D eigenvalue weighted by molar-refractivity contribution is 5.76. The van der Waals surface area contributed by atoms with Crippen molar-refractivity contribution in [3.8, 4) is 0 Å². The molecule has 0 aromatic rings. The van der Waals surface area contributed by atoms with Gasteiger partial charge in [0, 0.05) is 6.42 Å². The number of nitrogens with one attached hydrogen (secondary N) is 1. The summed E-state index contributed by atoms with van der Waals surface area (Å²) in [7, 11) is 0. The Hall–Kier alpha value is -1.07. The van der Waals surface area contributed by atoms with Crippen LogP contribution in [0.5, 0.6) is 0 Å². The predicted molar refractivity (Wildman–Crippen MR) is 189 cm³/mol. The molecule has 0 bridgehead atoms. The van der Waals surface area contributed by atoms with Gasteiger partial charge in [0.2, 0.25) is 5.91 Å². The summed E-state index contributed by atoms with van der Waals surface area (Å²) in [6.45, 7) is 3.68. The van der Waals surface area contributed by atoms with Gasteiger partial charge in [0.05, 0.1) is 25.4 Å². The number of hydrogen-bond donors (Lipinski definition) is 6. The summed E-state index contributed by atoms with van der Waals surface area (Å²) in [6, 6.07) is -0.794. The van der Waals surface area contributed by atoms with E-state index >= 15 is 0 Å². The highest BCUT2D eigenvalue weighted by atomic mass is 16.7. The van der Waals surface area contributed by atoms with Gasteiger partial charge in [-0.1, -0.05) is 154 Å². The molecular formula is C38H73NO8. The summed E-state index contributed by atoms with van der Waals surface area (Å²) in [6.07, 6.45) is 24.3. The van der Waals surface area contributed by atoms with E-state index in [1.807, 2.05) is 6.08 Å². The van der Waals surface area contributed by atoms with Crippen LogP contribution >= 0.6 is 0 Å². The molecule has 1 fully saturated rings. The number of carbonyl (C=O) groups excluding carboxylic acids is 1. The van der Waals surface area contributed by atoms with E-state index in [0.717, 1.165) is 44.9 Å². The van der Waals surface area contributed by atoms with Gasteiger partial charge >= 0.3 is 0 Å². The van der Waals surface area contributed by atoms with Crippen molar-refractivity contribution in [2.75, 3.05) is 13.2 Å². The Morgan fingerprint density at radius 3 is 1.66 bits per heavy atom. The van der Waals surface area contributed by atoms with Crippen LogP contribution in [-0.2, 0) is 14.3 Å². The van der Waals surface area contributed by atoms with Gasteiger partial charge in [0.25, 0.3) is 0 Å². The number of unbranched alkanes of at least 4 members (excludes halogenated alkanes) is 21. The molecule has 1 heterocycles. The lowest BCUT2D eigenvalue weighted by molar-refractivity contribution is -0.302. The Balaban J connectivity index is 2.29. The normalized spacial score (nSPS) is 22.9. The molecule has 0 radical (unpaired) electrons. The molecule has 9 nitrogen and oxygen atoms in total. The number of aliphatic hydroxyl groups excluding tert-OH is 5. The van der Waals surface area contributed by atoms with Gasteiger partial charge in [-0.2, -0.15) is 0 Å². The minimum atomic E-state index is -1.56. The molecule has 7 unspecified atom stereocenters. The maximum absolute atomic E-state index is 12.8. The zero-order valence-electron chi connectivity index (χ0n) is 30.0. The molecular weight excluding hydrogens is 598 g/mol. The lowest BCUT2D eigenvalue weighted by Crippen LogP contribution is -2.60. The minimum absolute atomic E-state index is 0.181. The smallest absolute Gasteiger partial charge is 0.220 e. The summed E-state index contributed by atoms with van der Waals surface area (Å²) in [5, 5.41) is 53.6. The minimum Gasteiger partial charge on any atom is -0.394 e. The zero-order chi connectivity index (χ0) is 34.5. The Morgan fingerprint density at radius 2 is 1.17 bits per heavy atom. The molecule has 1 aliphatic heterocycles. The van der Waals surface area contributed by atoms with Crippen molar-refractivity contribution >= 4 is 5.91 Å². The number of aliphatic hydroxyl groups is 5. The summed E-state index contributed by atoms with van der Waals surface area (Å²) >= 11 is 0. The van der Waals surface area contributed by atoms with Gasteiger partial charge in [0.15, 0.2) is 6.29 Å². The quantitative estimate of drug-likeness (QED) is 0.0357. The van der Waals surface area contributed by atoms with Crippen molar-refractivity contribution in [2.24, 2.45) is 0 Å². The molecule has 6 N–H and O–H groups in total. The highest BCUT2D eigenvalue weighted by Gasteiger charge is 2.44. The van der Waals surface area contributed by atoms with Gasteiger partial charge in [-0.3, -0.25) is 4.79 Å². The van der Waals surface area contributed by atoms with Crippen LogP contribution in [-0.4, -0.2) is 87.5 Å². The number of allylic oxidation sites excluding steroid dienone is 1. The van der Waals surface area contributed by atoms with E-state index in [9.17, 15) is 30.3 Å². The van der Waals surface area contributed by atoms with E-state index in [1.165, 1.54) is 103 Å². The molecule has 47 heavy (non-hydrogen) atoms. The second-order valence-electron chi connectivity index (χ2n) is 13.7. The van der Waals surface area contributed by atoms with E-state index < -0.39 is 49.5 Å². The second-order valence-corrected chi connectivity index (χ2v) is 13.7. The summed E-state index contributed by atoms with van der Waals surface area (Å²) in [4.78, 5) is 12.8. The monoisotopic (exact) mass is 672 g/mol. The van der Waals surface area contributed by atoms with Crippen LogP contribution in [0.4, 0.5) is 0 Å². The first-order valence-corrected chi connectivity index (χ1v) is 19.4. The van der Waals surface area contributed by atoms with Crippen molar-refractivity contribution < 1.29 is 39.8 Å². The van der Waals surface area contributed by atoms with Crippen LogP contribution in [0.1, 0.15) is 168 Å². The average Bonchev–Trinajstić information content (AvgIpc) is 3.07. The fourth-order valence-corrected chi connectivity index (χ4v) is 6.15. The number of carbonyl (C=O) groups is 1. The van der Waals surface area contributed by atoms with Gasteiger partial charge in [-0.25, -0.2) is 0 Å². The molecule has 1 amide bonds. The molecule has 0 saturated carbocycles. The lowest BCUT2D eigenvalue weighted by atomic mass is 9.99. The average molecular weight is 672 g/mol. The third-order valence-electron chi connectivity index (χ3n) is 9.36. The second kappa shape index (κ2) is 29.8. The van der Waals surface area contributed by atoms with Crippen LogP contribution < -0.4 is 5.32 Å². The van der Waals surface area contributed by atoms with Crippen molar-refractivity contribution in [3.05, 3.63) is 12.2 Å². The van der Waals surface area contributed by atoms with E-state index in [2.05, 4.69) is 19.2 Å². The van der Waals surface area contributed by atoms with Crippen molar-refractivity contribution in [1.29, 1.82) is 0 Å². The first-order chi connectivity index (χ1) is 22.8. The van der Waals surface area contributed by atoms with Crippen molar-refractivity contribution in [1.82, 2.24) is 5.32 Å². The van der Waals surface area contributed by atoms with E-state index in [1.54, 1.807) is 6.08 Å². The Kier molecular flexibility index (Phi) is 27.9. The molecule has 0 aliphatic carbocycles. The van der Waals surface area contributed by atoms with Gasteiger partial charge in [-0.15, -0.1) is 0 Å². The summed E-state index contributed by atoms with van der Waals surface area (Å²) in [5.74, 6) is -0.181. The Labute approximate surface area is 286 Å². The number of amides is 1. The molecule has 0 spiro atoms. The molecule has 0 aromatic heterocycles. The molecule has 1 aliphatic rings. The van der Waals surface area contributed by atoms with E-state index in [0.29, 0.717) is 6.42 Å². The predicted octanol–water partition coefficient (Wildman–Crippen LogP) is 6.61. The third-order valence-corrected chi connectivity index (χ3v) is 9.36. The van der Waals surface area contributed by atoms with Crippen LogP contribution in [0.25, 0.3) is 0 Å². The van der Waals surface area contributed by atoms with Crippen molar-refractivity contribution in [3.63, 3.8) is 0 Å².